The monoisotopic (exact) mass is 156 g/mol. The summed E-state index contributed by atoms with van der Waals surface area (Å²) >= 11 is 0. The molecule has 1 atom stereocenters. The highest BCUT2D eigenvalue weighted by atomic mass is 16.4. The van der Waals surface area contributed by atoms with E-state index in [4.69, 9.17) is 5.11 Å². The summed E-state index contributed by atoms with van der Waals surface area (Å²) in [4.78, 5) is 10.2. The lowest BCUT2D eigenvalue weighted by atomic mass is 10.4. The first-order valence-electron chi connectivity index (χ1n) is 3.23. The number of nitrogens with zero attached hydrogens (tertiary/aromatic N) is 1. The number of carboxylic acids is 1. The summed E-state index contributed by atoms with van der Waals surface area (Å²) in [5.41, 5.74) is 2.64. The molecule has 0 aromatic carbocycles. The van der Waals surface area contributed by atoms with Crippen molar-refractivity contribution in [3.63, 3.8) is 0 Å². The molecule has 0 spiro atoms. The highest BCUT2D eigenvalue weighted by Gasteiger charge is 2.00. The molecule has 0 aliphatic rings. The topological polar surface area (TPSA) is 61.7 Å². The van der Waals surface area contributed by atoms with Crippen molar-refractivity contribution in [2.75, 3.05) is 0 Å². The van der Waals surface area contributed by atoms with Gasteiger partial charge in [-0.3, -0.25) is 0 Å². The van der Waals surface area contributed by atoms with Gasteiger partial charge in [0.2, 0.25) is 0 Å². The number of carboxylic acid groups (broad SMARTS) is 1. The largest absolute Gasteiger partial charge is 0.477 e. The predicted octanol–water partition coefficient (Wildman–Crippen LogP) is 0.611. The molecule has 0 amide bonds. The van der Waals surface area contributed by atoms with Gasteiger partial charge in [0.15, 0.2) is 0 Å². The SMILES string of the molecule is C=CC(C)NN=C(C)C(=O)O. The molecule has 0 heterocycles. The maximum Gasteiger partial charge on any atom is 0.351 e. The van der Waals surface area contributed by atoms with Gasteiger partial charge < -0.3 is 10.5 Å². The van der Waals surface area contributed by atoms with Crippen molar-refractivity contribution in [2.24, 2.45) is 5.10 Å². The molecule has 0 aliphatic heterocycles. The fraction of sp³-hybridized carbons (Fsp3) is 0.429. The van der Waals surface area contributed by atoms with Crippen molar-refractivity contribution in [1.82, 2.24) is 5.43 Å². The van der Waals surface area contributed by atoms with Crippen LogP contribution in [0.1, 0.15) is 13.8 Å². The first-order chi connectivity index (χ1) is 5.07. The van der Waals surface area contributed by atoms with E-state index < -0.39 is 5.97 Å². The zero-order chi connectivity index (χ0) is 8.85. The molecule has 4 heteroatoms. The summed E-state index contributed by atoms with van der Waals surface area (Å²) < 4.78 is 0. The Morgan fingerprint density at radius 2 is 2.36 bits per heavy atom. The summed E-state index contributed by atoms with van der Waals surface area (Å²) in [6.07, 6.45) is 1.64. The molecule has 0 aromatic heterocycles. The Labute approximate surface area is 65.6 Å². The molecule has 11 heavy (non-hydrogen) atoms. The molecule has 0 saturated heterocycles. The number of hydrazone groups is 1. The van der Waals surface area contributed by atoms with Crippen LogP contribution in [0.3, 0.4) is 0 Å². The number of rotatable bonds is 4. The molecule has 0 aliphatic carbocycles. The van der Waals surface area contributed by atoms with Crippen LogP contribution in [0.25, 0.3) is 0 Å². The predicted molar refractivity (Wildman–Crippen MR) is 43.5 cm³/mol. The van der Waals surface area contributed by atoms with Gasteiger partial charge in [-0.25, -0.2) is 4.79 Å². The number of carbonyl (C=O) groups is 1. The lowest BCUT2D eigenvalue weighted by Crippen LogP contribution is -2.21. The van der Waals surface area contributed by atoms with Crippen LogP contribution in [-0.4, -0.2) is 22.8 Å². The quantitative estimate of drug-likeness (QED) is 0.356. The Balaban J connectivity index is 3.91. The fourth-order valence-corrected chi connectivity index (χ4v) is 0.299. The van der Waals surface area contributed by atoms with Gasteiger partial charge in [-0.2, -0.15) is 5.10 Å². The smallest absolute Gasteiger partial charge is 0.351 e. The zero-order valence-corrected chi connectivity index (χ0v) is 6.66. The van der Waals surface area contributed by atoms with Crippen LogP contribution in [0.15, 0.2) is 17.8 Å². The van der Waals surface area contributed by atoms with Gasteiger partial charge in [0.1, 0.15) is 5.71 Å². The van der Waals surface area contributed by atoms with E-state index in [9.17, 15) is 4.79 Å². The average molecular weight is 156 g/mol. The van der Waals surface area contributed by atoms with E-state index in [0.29, 0.717) is 0 Å². The number of hydrogen-bond acceptors (Lipinski definition) is 3. The standard InChI is InChI=1S/C7H12N2O2/c1-4-5(2)8-9-6(3)7(10)11/h4-5,8H,1H2,2-3H3,(H,10,11). The molecule has 0 bridgehead atoms. The van der Waals surface area contributed by atoms with E-state index in [0.717, 1.165) is 0 Å². The first-order valence-corrected chi connectivity index (χ1v) is 3.23. The van der Waals surface area contributed by atoms with Crippen molar-refractivity contribution in [3.05, 3.63) is 12.7 Å². The first kappa shape index (κ1) is 9.68. The Morgan fingerprint density at radius 3 is 2.73 bits per heavy atom. The average Bonchev–Trinajstić information content (AvgIpc) is 1.99. The summed E-state index contributed by atoms with van der Waals surface area (Å²) in [5.74, 6) is -1.02. The lowest BCUT2D eigenvalue weighted by Gasteiger charge is -2.03. The highest BCUT2D eigenvalue weighted by Crippen LogP contribution is 1.82. The summed E-state index contributed by atoms with van der Waals surface area (Å²) in [5, 5.41) is 12.0. The third-order valence-corrected chi connectivity index (χ3v) is 1.10. The molecular formula is C7H12N2O2. The molecule has 0 saturated carbocycles. The fourth-order valence-electron chi connectivity index (χ4n) is 0.299. The van der Waals surface area contributed by atoms with E-state index in [2.05, 4.69) is 17.1 Å². The second-order valence-electron chi connectivity index (χ2n) is 2.16. The van der Waals surface area contributed by atoms with E-state index in [1.54, 1.807) is 6.08 Å². The van der Waals surface area contributed by atoms with Crippen LogP contribution in [0.5, 0.6) is 0 Å². The van der Waals surface area contributed by atoms with Crippen LogP contribution < -0.4 is 5.43 Å². The van der Waals surface area contributed by atoms with Crippen LogP contribution in [0.4, 0.5) is 0 Å². The molecular weight excluding hydrogens is 144 g/mol. The van der Waals surface area contributed by atoms with Gasteiger partial charge in [0.05, 0.1) is 6.04 Å². The zero-order valence-electron chi connectivity index (χ0n) is 6.66. The molecule has 0 aromatic rings. The molecule has 1 unspecified atom stereocenters. The van der Waals surface area contributed by atoms with Crippen molar-refractivity contribution in [3.8, 4) is 0 Å². The maximum absolute atomic E-state index is 10.2. The van der Waals surface area contributed by atoms with Crippen LogP contribution in [0.2, 0.25) is 0 Å². The summed E-state index contributed by atoms with van der Waals surface area (Å²) in [7, 11) is 0. The van der Waals surface area contributed by atoms with Gasteiger partial charge >= 0.3 is 5.97 Å². The highest BCUT2D eigenvalue weighted by molar-refractivity contribution is 6.34. The van der Waals surface area contributed by atoms with Gasteiger partial charge in [0, 0.05) is 0 Å². The van der Waals surface area contributed by atoms with E-state index in [-0.39, 0.29) is 11.8 Å². The molecule has 62 valence electrons. The van der Waals surface area contributed by atoms with Crippen molar-refractivity contribution in [1.29, 1.82) is 0 Å². The molecule has 0 fully saturated rings. The Bertz CT molecular complexity index is 187. The van der Waals surface area contributed by atoms with Crippen LogP contribution in [-0.2, 0) is 4.79 Å². The third kappa shape index (κ3) is 4.13. The van der Waals surface area contributed by atoms with E-state index in [1.165, 1.54) is 6.92 Å². The summed E-state index contributed by atoms with van der Waals surface area (Å²) in [6, 6.07) is -0.00991. The summed E-state index contributed by atoms with van der Waals surface area (Å²) in [6.45, 7) is 6.75. The number of hydrogen-bond donors (Lipinski definition) is 2. The minimum atomic E-state index is -1.02. The molecule has 4 nitrogen and oxygen atoms in total. The lowest BCUT2D eigenvalue weighted by molar-refractivity contribution is -0.129. The van der Waals surface area contributed by atoms with Crippen LogP contribution in [0, 0.1) is 0 Å². The number of aliphatic carboxylic acids is 1. The van der Waals surface area contributed by atoms with E-state index >= 15 is 0 Å². The van der Waals surface area contributed by atoms with Gasteiger partial charge in [-0.15, -0.1) is 6.58 Å². The molecule has 0 rings (SSSR count). The van der Waals surface area contributed by atoms with E-state index in [1.807, 2.05) is 6.92 Å². The maximum atomic E-state index is 10.2. The molecule has 0 radical (unpaired) electrons. The van der Waals surface area contributed by atoms with Gasteiger partial charge in [-0.05, 0) is 13.8 Å². The normalized spacial score (nSPS) is 13.8. The van der Waals surface area contributed by atoms with Crippen molar-refractivity contribution < 1.29 is 9.90 Å². The van der Waals surface area contributed by atoms with Crippen LogP contribution >= 0.6 is 0 Å². The minimum absolute atomic E-state index is 0.00991. The third-order valence-electron chi connectivity index (χ3n) is 1.10. The van der Waals surface area contributed by atoms with Crippen molar-refractivity contribution in [2.45, 2.75) is 19.9 Å². The minimum Gasteiger partial charge on any atom is -0.477 e. The molecule has 2 N–H and O–H groups in total. The van der Waals surface area contributed by atoms with Gasteiger partial charge in [-0.1, -0.05) is 6.08 Å². The Hall–Kier alpha value is -1.32. The second-order valence-corrected chi connectivity index (χ2v) is 2.16. The second kappa shape index (κ2) is 4.49. The van der Waals surface area contributed by atoms with Crippen molar-refractivity contribution >= 4 is 11.7 Å². The Morgan fingerprint density at radius 1 is 1.82 bits per heavy atom. The Kier molecular flexibility index (Phi) is 3.95. The van der Waals surface area contributed by atoms with Gasteiger partial charge in [0.25, 0.3) is 0 Å². The number of nitrogens with one attached hydrogen (secondary N) is 1.